The van der Waals surface area contributed by atoms with Gasteiger partial charge < -0.3 is 20.1 Å². The summed E-state index contributed by atoms with van der Waals surface area (Å²) in [6.45, 7) is 5.49. The van der Waals surface area contributed by atoms with E-state index in [0.29, 0.717) is 17.9 Å². The SMILES string of the molecule is Cc1ccc(NC(=O)COc2ccc(Br)cc2[C@H]2c3sc(=O)[nH]c3SC3C4CC(C5C(=O)N(C(CC(C)C)C(=O)O)C(=O)C45)C32)cc1. The van der Waals surface area contributed by atoms with Crippen LogP contribution in [0.2, 0.25) is 0 Å². The van der Waals surface area contributed by atoms with Crippen molar-refractivity contribution in [3.63, 3.8) is 0 Å². The molecule has 246 valence electrons. The Morgan fingerprint density at radius 2 is 1.79 bits per heavy atom. The Morgan fingerprint density at radius 3 is 2.47 bits per heavy atom. The fourth-order valence-corrected chi connectivity index (χ4v) is 11.6. The Morgan fingerprint density at radius 1 is 1.09 bits per heavy atom. The molecule has 7 unspecified atom stereocenters. The molecule has 47 heavy (non-hydrogen) atoms. The number of carbonyl (C=O) groups excluding carboxylic acids is 3. The van der Waals surface area contributed by atoms with Crippen LogP contribution in [0.1, 0.15) is 48.6 Å². The molecule has 8 atom stereocenters. The van der Waals surface area contributed by atoms with Crippen molar-refractivity contribution < 1.29 is 29.0 Å². The number of carboxylic acids is 1. The van der Waals surface area contributed by atoms with Gasteiger partial charge >= 0.3 is 10.8 Å². The number of hydrogen-bond acceptors (Lipinski definition) is 8. The third-order valence-electron chi connectivity index (χ3n) is 10.1. The smallest absolute Gasteiger partial charge is 0.326 e. The van der Waals surface area contributed by atoms with Gasteiger partial charge in [-0.25, -0.2) is 4.79 Å². The molecule has 1 aromatic heterocycles. The number of likely N-dealkylation sites (tertiary alicyclic amines) is 1. The molecule has 13 heteroatoms. The largest absolute Gasteiger partial charge is 0.483 e. The van der Waals surface area contributed by atoms with Crippen molar-refractivity contribution in [1.29, 1.82) is 0 Å². The Balaban J connectivity index is 1.23. The minimum atomic E-state index is -1.19. The number of benzene rings is 2. The maximum absolute atomic E-state index is 14.1. The lowest BCUT2D eigenvalue weighted by Crippen LogP contribution is -2.47. The number of aromatic nitrogens is 1. The number of carbonyl (C=O) groups is 4. The highest BCUT2D eigenvalue weighted by molar-refractivity contribution is 9.10. The summed E-state index contributed by atoms with van der Waals surface area (Å²) in [6.07, 6.45) is 0.865. The number of aliphatic carboxylic acids is 1. The number of imide groups is 1. The Kier molecular flexibility index (Phi) is 8.36. The first kappa shape index (κ1) is 32.1. The van der Waals surface area contributed by atoms with E-state index in [-0.39, 0.29) is 64.6 Å². The van der Waals surface area contributed by atoms with E-state index < -0.39 is 29.8 Å². The Bertz CT molecular complexity index is 1840. The predicted octanol–water partition coefficient (Wildman–Crippen LogP) is 5.50. The van der Waals surface area contributed by atoms with Crippen LogP contribution in [0.4, 0.5) is 5.69 Å². The van der Waals surface area contributed by atoms with E-state index in [1.807, 2.05) is 57.2 Å². The van der Waals surface area contributed by atoms with Crippen molar-refractivity contribution in [2.24, 2.45) is 35.5 Å². The number of fused-ring (bicyclic) bond motifs is 9. The first-order valence-electron chi connectivity index (χ1n) is 15.7. The van der Waals surface area contributed by atoms with Crippen molar-refractivity contribution in [2.45, 2.75) is 55.8 Å². The Hall–Kier alpha value is -3.42. The first-order chi connectivity index (χ1) is 22.4. The third kappa shape index (κ3) is 5.53. The monoisotopic (exact) mass is 739 g/mol. The van der Waals surface area contributed by atoms with Crippen LogP contribution in [0.25, 0.3) is 0 Å². The molecule has 2 saturated carbocycles. The highest BCUT2D eigenvalue weighted by Crippen LogP contribution is 2.69. The summed E-state index contributed by atoms with van der Waals surface area (Å²) in [6, 6.07) is 11.9. The molecule has 0 spiro atoms. The number of carboxylic acid groups (broad SMARTS) is 1. The molecule has 3 amide bonds. The number of H-pyrrole nitrogens is 1. The second-order valence-corrected chi connectivity index (χ2v) is 16.5. The van der Waals surface area contributed by atoms with Crippen LogP contribution in [0.5, 0.6) is 5.75 Å². The number of aromatic amines is 1. The predicted molar refractivity (Wildman–Crippen MR) is 181 cm³/mol. The molecule has 10 nitrogen and oxygen atoms in total. The van der Waals surface area contributed by atoms with Crippen molar-refractivity contribution >= 4 is 68.4 Å². The van der Waals surface area contributed by atoms with Crippen molar-refractivity contribution in [2.75, 3.05) is 11.9 Å². The van der Waals surface area contributed by atoms with E-state index in [4.69, 9.17) is 4.74 Å². The topological polar surface area (TPSA) is 146 Å². The number of aryl methyl sites for hydroxylation is 1. The molecule has 2 bridgehead atoms. The van der Waals surface area contributed by atoms with Crippen LogP contribution >= 0.6 is 39.0 Å². The third-order valence-corrected chi connectivity index (χ3v) is 13.1. The molecule has 3 aromatic rings. The lowest BCUT2D eigenvalue weighted by Gasteiger charge is -2.43. The van der Waals surface area contributed by atoms with Crippen LogP contribution in [-0.4, -0.2) is 56.6 Å². The van der Waals surface area contributed by atoms with Gasteiger partial charge in [-0.3, -0.25) is 24.1 Å². The molecular weight excluding hydrogens is 706 g/mol. The number of hydrogen-bond donors (Lipinski definition) is 3. The molecule has 0 radical (unpaired) electrons. The zero-order valence-electron chi connectivity index (χ0n) is 25.9. The van der Waals surface area contributed by atoms with E-state index in [1.165, 1.54) is 0 Å². The summed E-state index contributed by atoms with van der Waals surface area (Å²) in [5.74, 6) is -3.77. The van der Waals surface area contributed by atoms with Crippen molar-refractivity contribution in [1.82, 2.24) is 9.88 Å². The number of thiazole rings is 1. The minimum absolute atomic E-state index is 0.0156. The molecule has 4 aliphatic rings. The van der Waals surface area contributed by atoms with E-state index in [0.717, 1.165) is 41.7 Å². The average molecular weight is 741 g/mol. The first-order valence-corrected chi connectivity index (χ1v) is 18.2. The summed E-state index contributed by atoms with van der Waals surface area (Å²) in [7, 11) is 0. The fourth-order valence-electron chi connectivity index (χ4n) is 8.33. The number of halogens is 1. The Labute approximate surface area is 287 Å². The van der Waals surface area contributed by atoms with Gasteiger partial charge in [-0.05, 0) is 73.8 Å². The number of anilines is 1. The maximum Gasteiger partial charge on any atom is 0.326 e. The zero-order valence-corrected chi connectivity index (χ0v) is 29.1. The van der Waals surface area contributed by atoms with Crippen molar-refractivity contribution in [3.8, 4) is 5.75 Å². The van der Waals surface area contributed by atoms with Crippen LogP contribution in [0.3, 0.4) is 0 Å². The molecule has 7 rings (SSSR count). The van der Waals surface area contributed by atoms with Crippen LogP contribution in [0, 0.1) is 42.4 Å². The van der Waals surface area contributed by atoms with Gasteiger partial charge in [-0.1, -0.05) is 58.8 Å². The fraction of sp³-hybridized carbons (Fsp3) is 0.441. The summed E-state index contributed by atoms with van der Waals surface area (Å²) in [5.41, 5.74) is 2.53. The number of rotatable bonds is 9. The van der Waals surface area contributed by atoms with Gasteiger partial charge in [-0.15, -0.1) is 11.8 Å². The number of amides is 3. The summed E-state index contributed by atoms with van der Waals surface area (Å²) >= 11 is 6.29. The average Bonchev–Trinajstić information content (AvgIpc) is 3.75. The van der Waals surface area contributed by atoms with E-state index in [1.54, 1.807) is 17.8 Å². The highest BCUT2D eigenvalue weighted by Gasteiger charge is 2.70. The van der Waals surface area contributed by atoms with Gasteiger partial charge in [0.25, 0.3) is 5.91 Å². The molecule has 3 fully saturated rings. The van der Waals surface area contributed by atoms with Gasteiger partial charge in [-0.2, -0.15) is 0 Å². The standard InChI is InChI=1S/C34H34BrN3O7S2/c1-14(2)10-21(33(42)43)38-31(40)26-19-12-20(27(26)32(38)41)28-25(19)24(29-30(46-28)37-34(44)47-29)18-11-16(35)6-9-22(18)45-13-23(39)36-17-7-4-15(3)5-8-17/h4-9,11,14,19-21,24-28H,10,12-13H2,1-3H3,(H,36,39)(H,37,44)(H,42,43)/t19?,20?,21?,24-,25?,26?,27?,28?/m1/s1. The molecule has 3 heterocycles. The molecular formula is C34H34BrN3O7S2. The minimum Gasteiger partial charge on any atom is -0.483 e. The maximum atomic E-state index is 14.1. The van der Waals surface area contributed by atoms with E-state index in [9.17, 15) is 29.1 Å². The molecule has 1 saturated heterocycles. The van der Waals surface area contributed by atoms with E-state index >= 15 is 0 Å². The number of nitrogens with zero attached hydrogens (tertiary/aromatic N) is 1. The summed E-state index contributed by atoms with van der Waals surface area (Å²) in [4.78, 5) is 70.6. The van der Waals surface area contributed by atoms with E-state index in [2.05, 4.69) is 26.2 Å². The normalized spacial score (nSPS) is 27.9. The summed E-state index contributed by atoms with van der Waals surface area (Å²) < 4.78 is 6.96. The molecule has 2 aliphatic heterocycles. The highest BCUT2D eigenvalue weighted by atomic mass is 79.9. The van der Waals surface area contributed by atoms with Gasteiger partial charge in [0.15, 0.2) is 6.61 Å². The van der Waals surface area contributed by atoms with Crippen molar-refractivity contribution in [3.05, 3.63) is 72.6 Å². The lowest BCUT2D eigenvalue weighted by molar-refractivity contribution is -0.156. The second kappa shape index (κ2) is 12.2. The lowest BCUT2D eigenvalue weighted by atomic mass is 9.68. The quantitative estimate of drug-likeness (QED) is 0.244. The molecule has 2 aromatic carbocycles. The molecule has 2 aliphatic carbocycles. The van der Waals surface area contributed by atoms with Gasteiger partial charge in [0, 0.05) is 31.8 Å². The van der Waals surface area contributed by atoms with Gasteiger partial charge in [0.2, 0.25) is 11.8 Å². The number of ether oxygens (including phenoxy) is 1. The number of nitrogens with one attached hydrogen (secondary N) is 2. The van der Waals surface area contributed by atoms with Crippen LogP contribution < -0.4 is 14.9 Å². The summed E-state index contributed by atoms with van der Waals surface area (Å²) in [5, 5.41) is 13.6. The zero-order chi connectivity index (χ0) is 33.3. The number of thioether (sulfide) groups is 1. The molecule has 3 N–H and O–H groups in total. The second-order valence-electron chi connectivity index (χ2n) is 13.4. The van der Waals surface area contributed by atoms with Gasteiger partial charge in [0.05, 0.1) is 16.9 Å². The van der Waals surface area contributed by atoms with Gasteiger partial charge in [0.1, 0.15) is 11.8 Å². The van der Waals surface area contributed by atoms with Crippen LogP contribution in [-0.2, 0) is 19.2 Å². The van der Waals surface area contributed by atoms with Crippen LogP contribution in [0.15, 0.2) is 56.8 Å².